The molecule has 0 radical (unpaired) electrons. The van der Waals surface area contributed by atoms with Gasteiger partial charge in [0.15, 0.2) is 5.96 Å². The van der Waals surface area contributed by atoms with Crippen molar-refractivity contribution >= 4 is 68.4 Å². The summed E-state index contributed by atoms with van der Waals surface area (Å²) in [6.45, 7) is 16.1. The third kappa shape index (κ3) is 21.0. The van der Waals surface area contributed by atoms with Crippen LogP contribution in [-0.4, -0.2) is 148 Å². The van der Waals surface area contributed by atoms with Crippen LogP contribution in [0.25, 0.3) is 10.9 Å². The highest BCUT2D eigenvalue weighted by Crippen LogP contribution is 2.27. The number of nitrogens with zero attached hydrogens (tertiary/aromatic N) is 3. The van der Waals surface area contributed by atoms with E-state index in [9.17, 15) is 42.0 Å². The summed E-state index contributed by atoms with van der Waals surface area (Å²) in [4.78, 5) is 93.8. The molecule has 76 heavy (non-hydrogen) atoms. The van der Waals surface area contributed by atoms with Gasteiger partial charge in [0.25, 0.3) is 5.91 Å². The molecular weight excluding hydrogens is 1010 g/mol. The lowest BCUT2D eigenvalue weighted by Gasteiger charge is -2.23. The van der Waals surface area contributed by atoms with Crippen LogP contribution in [0, 0.1) is 13.8 Å². The lowest BCUT2D eigenvalue weighted by atomic mass is 10.1. The van der Waals surface area contributed by atoms with Crippen molar-refractivity contribution in [3.63, 3.8) is 0 Å². The minimum absolute atomic E-state index is 0.0119. The number of amides is 4. The average Bonchev–Trinajstić information content (AvgIpc) is 3.75. The molecule has 0 spiro atoms. The molecule has 1 aliphatic heterocycles. The number of rotatable bonds is 28. The number of fused-ring (bicyclic) bond motifs is 1. The van der Waals surface area contributed by atoms with Gasteiger partial charge in [-0.2, -0.15) is 9.82 Å². The summed E-state index contributed by atoms with van der Waals surface area (Å²) in [5.41, 5.74) is 6.28. The zero-order chi connectivity index (χ0) is 56.2. The molecule has 0 fully saturated rings. The Morgan fingerprint density at radius 1 is 0.816 bits per heavy atom. The van der Waals surface area contributed by atoms with E-state index in [1.165, 1.54) is 12.1 Å². The Kier molecular flexibility index (Phi) is 23.4. The van der Waals surface area contributed by atoms with E-state index in [-0.39, 0.29) is 74.6 Å². The topological polar surface area (TPSA) is 331 Å². The molecule has 4 rings (SSSR count). The third-order valence-corrected chi connectivity index (χ3v) is 13.0. The molecule has 2 aromatic carbocycles. The Hall–Kier alpha value is -6.86. The quantitative estimate of drug-likeness (QED) is 0.0291. The van der Waals surface area contributed by atoms with Crippen molar-refractivity contribution in [2.45, 2.75) is 148 Å². The van der Waals surface area contributed by atoms with Gasteiger partial charge in [0.05, 0.1) is 36.4 Å². The number of hydrogen-bond acceptors (Lipinski definition) is 18. The molecule has 0 saturated carbocycles. The lowest BCUT2D eigenvalue weighted by Crippen LogP contribution is -2.52. The number of nitrogens with one attached hydrogen (secondary N) is 7. The predicted molar refractivity (Wildman–Crippen MR) is 282 cm³/mol. The zero-order valence-electron chi connectivity index (χ0n) is 45.1. The molecule has 4 amide bonds. The number of carbonyl (C=O) groups excluding carboxylic acids is 7. The molecule has 2 heterocycles. The molecule has 0 bridgehead atoms. The molecule has 25 heteroatoms. The van der Waals surface area contributed by atoms with E-state index in [1.807, 2.05) is 4.68 Å². The minimum Gasteiger partial charge on any atom is -0.494 e. The number of aliphatic imine (C=N–C) groups is 1. The van der Waals surface area contributed by atoms with Crippen LogP contribution in [0.5, 0.6) is 5.75 Å². The molecule has 1 aliphatic rings. The Labute approximate surface area is 444 Å². The van der Waals surface area contributed by atoms with Crippen LogP contribution in [0.1, 0.15) is 114 Å². The van der Waals surface area contributed by atoms with Gasteiger partial charge in [-0.05, 0) is 129 Å². The second-order valence-corrected chi connectivity index (χ2v) is 21.9. The van der Waals surface area contributed by atoms with Crippen molar-refractivity contribution in [3.05, 3.63) is 53.2 Å². The predicted octanol–water partition coefficient (Wildman–Crippen LogP) is 1.68. The standard InChI is InChI=1S/C51H77N11O13S/c1-32-27-36(73-26-10-13-41(63)53-23-24-54-47(68)38(16-19-43(65)75-51(6,7)8)60-46(67)37(52)15-18-42(64)74-50(3,4)5)28-33(2)44(32)76(70,71)61-39(48(69)72-9)31-58-45(66)34-14-17-40-35(29-34)30-59-62(40)25-12-22-57-49-55-20-11-21-56-49/h14,17,27-30,37-39,61H,10-13,15-16,18-26,31,52H2,1-9H3,(H,53,63)(H,54,68)(H,58,66)(H,60,67)(H2,55,56,57). The Bertz CT molecular complexity index is 2640. The van der Waals surface area contributed by atoms with Crippen molar-refractivity contribution < 1.29 is 60.9 Å². The summed E-state index contributed by atoms with van der Waals surface area (Å²) >= 11 is 0. The second-order valence-electron chi connectivity index (χ2n) is 20.2. The highest BCUT2D eigenvalue weighted by Gasteiger charge is 2.31. The summed E-state index contributed by atoms with van der Waals surface area (Å²) in [5.74, 6) is -3.09. The van der Waals surface area contributed by atoms with Gasteiger partial charge >= 0.3 is 17.9 Å². The Balaban J connectivity index is 1.22. The van der Waals surface area contributed by atoms with Crippen LogP contribution >= 0.6 is 0 Å². The number of aromatic nitrogens is 2. The van der Waals surface area contributed by atoms with Gasteiger partial charge in [-0.1, -0.05) is 0 Å². The first kappa shape index (κ1) is 61.7. The van der Waals surface area contributed by atoms with Crippen LogP contribution in [0.3, 0.4) is 0 Å². The number of sulfonamides is 1. The fraction of sp³-hybridized carbons (Fsp3) is 0.588. The van der Waals surface area contributed by atoms with Crippen molar-refractivity contribution in [2.24, 2.45) is 10.7 Å². The number of aryl methyl sites for hydroxylation is 3. The largest absolute Gasteiger partial charge is 0.494 e. The van der Waals surface area contributed by atoms with E-state index in [0.29, 0.717) is 30.0 Å². The van der Waals surface area contributed by atoms with Crippen LogP contribution in [-0.2, 0) is 59.5 Å². The first-order valence-corrected chi connectivity index (χ1v) is 26.9. The Morgan fingerprint density at radius 3 is 2.11 bits per heavy atom. The van der Waals surface area contributed by atoms with Crippen molar-refractivity contribution in [1.29, 1.82) is 0 Å². The van der Waals surface area contributed by atoms with Crippen LogP contribution in [0.15, 0.2) is 46.4 Å². The van der Waals surface area contributed by atoms with Gasteiger partial charge in [0.1, 0.15) is 29.0 Å². The molecular formula is C51H77N11O13S. The average molecular weight is 1080 g/mol. The van der Waals surface area contributed by atoms with Crippen LogP contribution in [0.4, 0.5) is 0 Å². The SMILES string of the molecule is COC(=O)C(CNC(=O)c1ccc2c(cnn2CCCNC2=NCCCN2)c1)NS(=O)(=O)c1c(C)cc(OCCCC(=O)NCCNC(=O)C(CCC(=O)OC(C)(C)C)NC(=O)C(N)CCC(=O)OC(C)(C)C)cc1C. The van der Waals surface area contributed by atoms with Crippen molar-refractivity contribution in [1.82, 2.24) is 46.4 Å². The summed E-state index contributed by atoms with van der Waals surface area (Å²) in [5, 5.41) is 22.2. The van der Waals surface area contributed by atoms with Crippen molar-refractivity contribution in [3.8, 4) is 5.75 Å². The van der Waals surface area contributed by atoms with E-state index in [1.54, 1.807) is 79.8 Å². The van der Waals surface area contributed by atoms with Gasteiger partial charge in [0, 0.05) is 76.0 Å². The van der Waals surface area contributed by atoms with Gasteiger partial charge in [0.2, 0.25) is 27.7 Å². The number of hydrogen-bond donors (Lipinski definition) is 8. The van der Waals surface area contributed by atoms with Gasteiger partial charge in [-0.3, -0.25) is 43.2 Å². The number of nitrogens with two attached hydrogens (primary N) is 1. The maximum atomic E-state index is 13.8. The molecule has 3 unspecified atom stereocenters. The van der Waals surface area contributed by atoms with Crippen LogP contribution in [0.2, 0.25) is 0 Å². The normalized spacial score (nSPS) is 13.9. The molecule has 1 aromatic heterocycles. The molecule has 420 valence electrons. The molecule has 3 atom stereocenters. The van der Waals surface area contributed by atoms with Crippen molar-refractivity contribution in [2.75, 3.05) is 53.0 Å². The first-order chi connectivity index (χ1) is 35.7. The number of methoxy groups -OCH3 is 1. The second kappa shape index (κ2) is 28.9. The lowest BCUT2D eigenvalue weighted by molar-refractivity contribution is -0.156. The van der Waals surface area contributed by atoms with Gasteiger partial charge in [-0.15, -0.1) is 0 Å². The highest BCUT2D eigenvalue weighted by atomic mass is 32.2. The first-order valence-electron chi connectivity index (χ1n) is 25.4. The summed E-state index contributed by atoms with van der Waals surface area (Å²) in [7, 11) is -3.25. The minimum atomic E-state index is -4.36. The van der Waals surface area contributed by atoms with E-state index >= 15 is 0 Å². The number of benzene rings is 2. The fourth-order valence-corrected chi connectivity index (χ4v) is 9.43. The molecule has 0 aliphatic carbocycles. The maximum absolute atomic E-state index is 13.8. The van der Waals surface area contributed by atoms with Crippen LogP contribution < -0.4 is 47.1 Å². The van der Waals surface area contributed by atoms with Gasteiger partial charge < -0.3 is 56.6 Å². The Morgan fingerprint density at radius 2 is 1.47 bits per heavy atom. The summed E-state index contributed by atoms with van der Waals surface area (Å²) < 4.78 is 53.2. The van der Waals surface area contributed by atoms with Gasteiger partial charge in [-0.25, -0.2) is 8.42 Å². The summed E-state index contributed by atoms with van der Waals surface area (Å²) in [6, 6.07) is 4.31. The van der Waals surface area contributed by atoms with E-state index < -0.39 is 81.5 Å². The number of esters is 3. The maximum Gasteiger partial charge on any atom is 0.325 e. The monoisotopic (exact) mass is 1080 g/mol. The number of ether oxygens (including phenoxy) is 4. The molecule has 24 nitrogen and oxygen atoms in total. The number of carbonyl (C=O) groups is 7. The fourth-order valence-electron chi connectivity index (χ4n) is 7.79. The van der Waals surface area contributed by atoms with E-state index in [0.717, 1.165) is 49.9 Å². The number of guanidine groups is 1. The van der Waals surface area contributed by atoms with E-state index in [2.05, 4.69) is 46.7 Å². The smallest absolute Gasteiger partial charge is 0.325 e. The molecule has 3 aromatic rings. The third-order valence-electron chi connectivity index (χ3n) is 11.3. The highest BCUT2D eigenvalue weighted by molar-refractivity contribution is 7.89. The summed E-state index contributed by atoms with van der Waals surface area (Å²) in [6.07, 6.45) is 3.33. The molecule has 9 N–H and O–H groups in total. The van der Waals surface area contributed by atoms with E-state index in [4.69, 9.17) is 24.7 Å². The zero-order valence-corrected chi connectivity index (χ0v) is 46.0. The molecule has 0 saturated heterocycles.